The summed E-state index contributed by atoms with van der Waals surface area (Å²) in [5.74, 6) is 1.64. The lowest BCUT2D eigenvalue weighted by molar-refractivity contribution is 0.318. The summed E-state index contributed by atoms with van der Waals surface area (Å²) in [7, 11) is 1.72. The Bertz CT molecular complexity index is 623. The van der Waals surface area contributed by atoms with Gasteiger partial charge in [0.05, 0.1) is 7.11 Å². The highest BCUT2D eigenvalue weighted by atomic mass is 79.9. The van der Waals surface area contributed by atoms with Gasteiger partial charge in [0.2, 0.25) is 5.95 Å². The Morgan fingerprint density at radius 3 is 2.95 bits per heavy atom. The van der Waals surface area contributed by atoms with Gasteiger partial charge in [-0.05, 0) is 30.7 Å². The molecule has 5 nitrogen and oxygen atoms in total. The lowest BCUT2D eigenvalue weighted by Gasteiger charge is -2.18. The van der Waals surface area contributed by atoms with E-state index in [9.17, 15) is 0 Å². The van der Waals surface area contributed by atoms with E-state index in [1.54, 1.807) is 19.5 Å². The van der Waals surface area contributed by atoms with E-state index in [4.69, 9.17) is 4.74 Å². The van der Waals surface area contributed by atoms with Crippen LogP contribution in [0.25, 0.3) is 0 Å². The summed E-state index contributed by atoms with van der Waals surface area (Å²) < 4.78 is 6.53. The van der Waals surface area contributed by atoms with Crippen LogP contribution in [0.3, 0.4) is 0 Å². The average molecular weight is 363 g/mol. The molecule has 1 N–H and O–H groups in total. The van der Waals surface area contributed by atoms with Crippen LogP contribution in [0.2, 0.25) is 0 Å². The van der Waals surface area contributed by atoms with Crippen molar-refractivity contribution < 1.29 is 4.74 Å². The van der Waals surface area contributed by atoms with Gasteiger partial charge in [0.1, 0.15) is 5.75 Å². The molecule has 0 saturated carbocycles. The highest BCUT2D eigenvalue weighted by Gasteiger charge is 2.23. The number of ether oxygens (including phenoxy) is 1. The van der Waals surface area contributed by atoms with Gasteiger partial charge in [-0.2, -0.15) is 0 Å². The predicted octanol–water partition coefficient (Wildman–Crippen LogP) is 2.93. The number of anilines is 1. The lowest BCUT2D eigenvalue weighted by atomic mass is 10.2. The van der Waals surface area contributed by atoms with Crippen molar-refractivity contribution in [3.05, 3.63) is 46.7 Å². The van der Waals surface area contributed by atoms with Gasteiger partial charge in [0.15, 0.2) is 0 Å². The minimum Gasteiger partial charge on any atom is -0.496 e. The third-order valence-electron chi connectivity index (χ3n) is 3.81. The zero-order valence-electron chi connectivity index (χ0n) is 12.5. The zero-order valence-corrected chi connectivity index (χ0v) is 14.1. The highest BCUT2D eigenvalue weighted by Crippen LogP contribution is 2.26. The Balaban J connectivity index is 1.60. The number of hydrogen-bond donors (Lipinski definition) is 1. The van der Waals surface area contributed by atoms with E-state index in [1.807, 2.05) is 18.2 Å². The predicted molar refractivity (Wildman–Crippen MR) is 90.0 cm³/mol. The van der Waals surface area contributed by atoms with Crippen LogP contribution < -0.4 is 10.1 Å². The van der Waals surface area contributed by atoms with Crippen LogP contribution in [-0.4, -0.2) is 41.1 Å². The van der Waals surface area contributed by atoms with Crippen LogP contribution in [0.15, 0.2) is 41.1 Å². The van der Waals surface area contributed by atoms with Crippen molar-refractivity contribution in [1.29, 1.82) is 0 Å². The van der Waals surface area contributed by atoms with Crippen molar-refractivity contribution in [3.63, 3.8) is 0 Å². The second kappa shape index (κ2) is 7.07. The van der Waals surface area contributed by atoms with Gasteiger partial charge < -0.3 is 10.1 Å². The number of nitrogens with zero attached hydrogens (tertiary/aromatic N) is 3. The number of likely N-dealkylation sites (tertiary alicyclic amines) is 1. The molecule has 6 heteroatoms. The molecule has 2 heterocycles. The quantitative estimate of drug-likeness (QED) is 0.885. The minimum absolute atomic E-state index is 0.389. The number of rotatable bonds is 5. The van der Waals surface area contributed by atoms with E-state index in [0.29, 0.717) is 12.0 Å². The fourth-order valence-corrected chi connectivity index (χ4v) is 3.17. The Labute approximate surface area is 138 Å². The molecule has 0 aliphatic carbocycles. The summed E-state index contributed by atoms with van der Waals surface area (Å²) in [6, 6.07) is 8.35. The molecule has 1 unspecified atom stereocenters. The Morgan fingerprint density at radius 1 is 1.36 bits per heavy atom. The molecule has 116 valence electrons. The standard InChI is InChI=1S/C16H19BrN4O/c1-22-15-4-3-13(17)9-12(15)10-21-8-5-14(11-21)20-16-18-6-2-7-19-16/h2-4,6-7,9,14H,5,8,10-11H2,1H3,(H,18,19,20). The first-order valence-electron chi connectivity index (χ1n) is 7.33. The number of aromatic nitrogens is 2. The minimum atomic E-state index is 0.389. The maximum Gasteiger partial charge on any atom is 0.222 e. The molecule has 0 spiro atoms. The van der Waals surface area contributed by atoms with Gasteiger partial charge in [0.25, 0.3) is 0 Å². The maximum atomic E-state index is 5.45. The molecule has 1 atom stereocenters. The summed E-state index contributed by atoms with van der Waals surface area (Å²) in [6.45, 7) is 2.92. The number of halogens is 1. The van der Waals surface area contributed by atoms with Gasteiger partial charge in [-0.15, -0.1) is 0 Å². The van der Waals surface area contributed by atoms with Crippen LogP contribution >= 0.6 is 15.9 Å². The summed E-state index contributed by atoms with van der Waals surface area (Å²) in [6.07, 6.45) is 4.61. The average Bonchev–Trinajstić information content (AvgIpc) is 2.96. The molecule has 1 aromatic carbocycles. The van der Waals surface area contributed by atoms with E-state index in [-0.39, 0.29) is 0 Å². The molecule has 22 heavy (non-hydrogen) atoms. The number of hydrogen-bond acceptors (Lipinski definition) is 5. The molecular formula is C16H19BrN4O. The lowest BCUT2D eigenvalue weighted by Crippen LogP contribution is -2.26. The topological polar surface area (TPSA) is 50.3 Å². The van der Waals surface area contributed by atoms with Gasteiger partial charge in [-0.1, -0.05) is 15.9 Å². The SMILES string of the molecule is COc1ccc(Br)cc1CN1CCC(Nc2ncccn2)C1. The van der Waals surface area contributed by atoms with Crippen molar-refractivity contribution in [2.75, 3.05) is 25.5 Å². The number of nitrogens with one attached hydrogen (secondary N) is 1. The first-order chi connectivity index (χ1) is 10.7. The van der Waals surface area contributed by atoms with E-state index < -0.39 is 0 Å². The second-order valence-corrected chi connectivity index (χ2v) is 6.31. The third-order valence-corrected chi connectivity index (χ3v) is 4.30. The maximum absolute atomic E-state index is 5.45. The highest BCUT2D eigenvalue weighted by molar-refractivity contribution is 9.10. The third kappa shape index (κ3) is 3.75. The summed E-state index contributed by atoms with van der Waals surface area (Å²) in [5.41, 5.74) is 1.20. The molecule has 1 saturated heterocycles. The molecule has 2 aromatic rings. The van der Waals surface area contributed by atoms with E-state index in [1.165, 1.54) is 5.56 Å². The van der Waals surface area contributed by atoms with Crippen molar-refractivity contribution in [2.45, 2.75) is 19.0 Å². The van der Waals surface area contributed by atoms with Gasteiger partial charge in [-0.3, -0.25) is 4.90 Å². The fourth-order valence-electron chi connectivity index (χ4n) is 2.76. The first kappa shape index (κ1) is 15.2. The van der Waals surface area contributed by atoms with Crippen molar-refractivity contribution in [1.82, 2.24) is 14.9 Å². The molecule has 1 fully saturated rings. The molecule has 1 aromatic heterocycles. The summed E-state index contributed by atoms with van der Waals surface area (Å²) >= 11 is 3.53. The van der Waals surface area contributed by atoms with Crippen LogP contribution in [0.4, 0.5) is 5.95 Å². The fraction of sp³-hybridized carbons (Fsp3) is 0.375. The Hall–Kier alpha value is -1.66. The molecule has 1 aliphatic rings. The molecule has 0 radical (unpaired) electrons. The molecular weight excluding hydrogens is 344 g/mol. The summed E-state index contributed by atoms with van der Waals surface area (Å²) in [5, 5.41) is 3.39. The molecule has 3 rings (SSSR count). The Morgan fingerprint density at radius 2 is 2.18 bits per heavy atom. The van der Waals surface area contributed by atoms with Gasteiger partial charge in [-0.25, -0.2) is 9.97 Å². The van der Waals surface area contributed by atoms with E-state index in [0.717, 1.165) is 36.3 Å². The van der Waals surface area contributed by atoms with Crippen molar-refractivity contribution >= 4 is 21.9 Å². The van der Waals surface area contributed by atoms with Crippen LogP contribution in [0.1, 0.15) is 12.0 Å². The largest absolute Gasteiger partial charge is 0.496 e. The summed E-state index contributed by atoms with van der Waals surface area (Å²) in [4.78, 5) is 10.9. The van der Waals surface area contributed by atoms with E-state index >= 15 is 0 Å². The molecule has 0 amide bonds. The van der Waals surface area contributed by atoms with Crippen molar-refractivity contribution in [3.8, 4) is 5.75 Å². The smallest absolute Gasteiger partial charge is 0.222 e. The Kier molecular flexibility index (Phi) is 4.90. The zero-order chi connectivity index (χ0) is 15.4. The van der Waals surface area contributed by atoms with Gasteiger partial charge >= 0.3 is 0 Å². The van der Waals surface area contributed by atoms with Crippen LogP contribution in [0.5, 0.6) is 5.75 Å². The monoisotopic (exact) mass is 362 g/mol. The van der Waals surface area contributed by atoms with Crippen molar-refractivity contribution in [2.24, 2.45) is 0 Å². The van der Waals surface area contributed by atoms with E-state index in [2.05, 4.69) is 42.2 Å². The van der Waals surface area contributed by atoms with Crippen LogP contribution in [-0.2, 0) is 6.54 Å². The number of benzene rings is 1. The van der Waals surface area contributed by atoms with Crippen LogP contribution in [0, 0.1) is 0 Å². The molecule has 1 aliphatic heterocycles. The second-order valence-electron chi connectivity index (χ2n) is 5.39. The number of methoxy groups -OCH3 is 1. The molecule has 0 bridgehead atoms. The normalized spacial score (nSPS) is 18.4. The first-order valence-corrected chi connectivity index (χ1v) is 8.12. The van der Waals surface area contributed by atoms with Gasteiger partial charge in [0, 0.05) is 48.1 Å².